The highest BCUT2D eigenvalue weighted by Crippen LogP contribution is 2.44. The standard InChI is InChI=1S/C12H13ClO/c13-10-3-4-11-9(7-10)8-12(14-11)5-1-2-6-12/h3-4,7H,1-2,5-6,8H2. The molecule has 0 saturated heterocycles. The van der Waals surface area contributed by atoms with Crippen molar-refractivity contribution < 1.29 is 4.74 Å². The largest absolute Gasteiger partial charge is 0.487 e. The molecule has 14 heavy (non-hydrogen) atoms. The molecular formula is C12H13ClO. The molecule has 0 bridgehead atoms. The van der Waals surface area contributed by atoms with Gasteiger partial charge in [0.2, 0.25) is 0 Å². The first-order chi connectivity index (χ1) is 6.77. The van der Waals surface area contributed by atoms with E-state index in [4.69, 9.17) is 16.3 Å². The van der Waals surface area contributed by atoms with Gasteiger partial charge in [-0.2, -0.15) is 0 Å². The Bertz CT molecular complexity index is 367. The van der Waals surface area contributed by atoms with Gasteiger partial charge in [0.25, 0.3) is 0 Å². The van der Waals surface area contributed by atoms with Crippen LogP contribution in [0.4, 0.5) is 0 Å². The van der Waals surface area contributed by atoms with Crippen molar-refractivity contribution in [2.45, 2.75) is 37.7 Å². The Labute approximate surface area is 89.0 Å². The van der Waals surface area contributed by atoms with Crippen LogP contribution in [-0.2, 0) is 6.42 Å². The van der Waals surface area contributed by atoms with Gasteiger partial charge in [-0.3, -0.25) is 0 Å². The molecule has 0 amide bonds. The molecule has 0 aromatic heterocycles. The Morgan fingerprint density at radius 2 is 2.00 bits per heavy atom. The molecule has 1 aliphatic carbocycles. The third kappa shape index (κ3) is 1.23. The molecule has 0 unspecified atom stereocenters. The molecule has 0 atom stereocenters. The van der Waals surface area contributed by atoms with Crippen LogP contribution < -0.4 is 4.74 Å². The number of benzene rings is 1. The zero-order valence-electron chi connectivity index (χ0n) is 8.05. The van der Waals surface area contributed by atoms with Crippen LogP contribution in [0.3, 0.4) is 0 Å². The Kier molecular flexibility index (Phi) is 1.78. The molecular weight excluding hydrogens is 196 g/mol. The van der Waals surface area contributed by atoms with Gasteiger partial charge in [-0.1, -0.05) is 11.6 Å². The average molecular weight is 209 g/mol. The second-order valence-electron chi connectivity index (χ2n) is 4.42. The number of hydrogen-bond donors (Lipinski definition) is 0. The molecule has 1 aromatic carbocycles. The fourth-order valence-electron chi connectivity index (χ4n) is 2.70. The summed E-state index contributed by atoms with van der Waals surface area (Å²) in [5.74, 6) is 1.05. The van der Waals surface area contributed by atoms with Crippen LogP contribution in [0.5, 0.6) is 5.75 Å². The number of halogens is 1. The maximum atomic E-state index is 6.05. The minimum absolute atomic E-state index is 0.132. The van der Waals surface area contributed by atoms with Crippen LogP contribution in [0.15, 0.2) is 18.2 Å². The van der Waals surface area contributed by atoms with Gasteiger partial charge >= 0.3 is 0 Å². The van der Waals surface area contributed by atoms with Crippen molar-refractivity contribution in [2.24, 2.45) is 0 Å². The van der Waals surface area contributed by atoms with E-state index in [-0.39, 0.29) is 5.60 Å². The lowest BCUT2D eigenvalue weighted by Crippen LogP contribution is -2.29. The summed E-state index contributed by atoms with van der Waals surface area (Å²) in [6, 6.07) is 5.96. The highest BCUT2D eigenvalue weighted by molar-refractivity contribution is 6.30. The molecule has 1 fully saturated rings. The van der Waals surface area contributed by atoms with E-state index < -0.39 is 0 Å². The van der Waals surface area contributed by atoms with E-state index in [9.17, 15) is 0 Å². The van der Waals surface area contributed by atoms with Crippen molar-refractivity contribution in [3.8, 4) is 5.75 Å². The normalized spacial score (nSPS) is 22.4. The van der Waals surface area contributed by atoms with Crippen LogP contribution in [0, 0.1) is 0 Å². The summed E-state index contributed by atoms with van der Waals surface area (Å²) in [7, 11) is 0. The molecule has 0 N–H and O–H groups in total. The van der Waals surface area contributed by atoms with E-state index >= 15 is 0 Å². The summed E-state index contributed by atoms with van der Waals surface area (Å²) in [6.07, 6.45) is 6.09. The average Bonchev–Trinajstić information content (AvgIpc) is 2.72. The van der Waals surface area contributed by atoms with Crippen molar-refractivity contribution in [2.75, 3.05) is 0 Å². The van der Waals surface area contributed by atoms with E-state index in [1.807, 2.05) is 18.2 Å². The van der Waals surface area contributed by atoms with Gasteiger partial charge in [-0.15, -0.1) is 0 Å². The zero-order chi connectivity index (χ0) is 9.60. The molecule has 1 nitrogen and oxygen atoms in total. The van der Waals surface area contributed by atoms with Gasteiger partial charge in [0.1, 0.15) is 11.4 Å². The highest BCUT2D eigenvalue weighted by atomic mass is 35.5. The fraction of sp³-hybridized carbons (Fsp3) is 0.500. The number of rotatable bonds is 0. The molecule has 1 spiro atoms. The van der Waals surface area contributed by atoms with Crippen LogP contribution in [0.1, 0.15) is 31.2 Å². The predicted octanol–water partition coefficient (Wildman–Crippen LogP) is 3.59. The lowest BCUT2D eigenvalue weighted by atomic mass is 9.96. The Morgan fingerprint density at radius 3 is 2.79 bits per heavy atom. The molecule has 74 valence electrons. The number of fused-ring (bicyclic) bond motifs is 1. The molecule has 1 heterocycles. The van der Waals surface area contributed by atoms with Crippen LogP contribution in [0.2, 0.25) is 5.02 Å². The van der Waals surface area contributed by atoms with Gasteiger partial charge in [-0.05, 0) is 49.4 Å². The molecule has 2 aliphatic rings. The van der Waals surface area contributed by atoms with Crippen molar-refractivity contribution >= 4 is 11.6 Å². The smallest absolute Gasteiger partial charge is 0.123 e. The third-order valence-electron chi connectivity index (χ3n) is 3.38. The molecule has 3 rings (SSSR count). The monoisotopic (exact) mass is 208 g/mol. The van der Waals surface area contributed by atoms with Crippen LogP contribution in [0.25, 0.3) is 0 Å². The van der Waals surface area contributed by atoms with E-state index in [2.05, 4.69) is 0 Å². The van der Waals surface area contributed by atoms with Gasteiger partial charge < -0.3 is 4.74 Å². The van der Waals surface area contributed by atoms with E-state index in [1.54, 1.807) is 0 Å². The van der Waals surface area contributed by atoms with Gasteiger partial charge in [0.05, 0.1) is 0 Å². The summed E-state index contributed by atoms with van der Waals surface area (Å²) >= 11 is 5.96. The Morgan fingerprint density at radius 1 is 1.21 bits per heavy atom. The molecule has 0 radical (unpaired) electrons. The minimum Gasteiger partial charge on any atom is -0.487 e. The first-order valence-corrected chi connectivity index (χ1v) is 5.63. The third-order valence-corrected chi connectivity index (χ3v) is 3.61. The van der Waals surface area contributed by atoms with Gasteiger partial charge in [-0.25, -0.2) is 0 Å². The maximum Gasteiger partial charge on any atom is 0.123 e. The summed E-state index contributed by atoms with van der Waals surface area (Å²) in [6.45, 7) is 0. The second kappa shape index (κ2) is 2.90. The van der Waals surface area contributed by atoms with Crippen molar-refractivity contribution in [1.82, 2.24) is 0 Å². The van der Waals surface area contributed by atoms with E-state index in [0.717, 1.165) is 17.2 Å². The maximum absolute atomic E-state index is 6.05. The van der Waals surface area contributed by atoms with Crippen molar-refractivity contribution in [3.63, 3.8) is 0 Å². The summed E-state index contributed by atoms with van der Waals surface area (Å²) in [5, 5.41) is 0.822. The topological polar surface area (TPSA) is 9.23 Å². The number of hydrogen-bond acceptors (Lipinski definition) is 1. The van der Waals surface area contributed by atoms with Crippen LogP contribution in [-0.4, -0.2) is 5.60 Å². The molecule has 2 heteroatoms. The summed E-state index contributed by atoms with van der Waals surface area (Å²) in [5.41, 5.74) is 1.42. The summed E-state index contributed by atoms with van der Waals surface area (Å²) < 4.78 is 6.05. The van der Waals surface area contributed by atoms with Crippen molar-refractivity contribution in [1.29, 1.82) is 0 Å². The zero-order valence-corrected chi connectivity index (χ0v) is 8.81. The quantitative estimate of drug-likeness (QED) is 0.633. The molecule has 1 aromatic rings. The van der Waals surface area contributed by atoms with Crippen molar-refractivity contribution in [3.05, 3.63) is 28.8 Å². The van der Waals surface area contributed by atoms with E-state index in [0.29, 0.717) is 0 Å². The highest BCUT2D eigenvalue weighted by Gasteiger charge is 2.41. The van der Waals surface area contributed by atoms with Gasteiger partial charge in [0, 0.05) is 11.4 Å². The molecule has 1 aliphatic heterocycles. The Hall–Kier alpha value is -0.690. The minimum atomic E-state index is 0.132. The first-order valence-electron chi connectivity index (χ1n) is 5.25. The van der Waals surface area contributed by atoms with Gasteiger partial charge in [0.15, 0.2) is 0 Å². The van der Waals surface area contributed by atoms with Crippen LogP contribution >= 0.6 is 11.6 Å². The SMILES string of the molecule is Clc1ccc2c(c1)CC1(CCCC1)O2. The predicted molar refractivity (Wildman–Crippen MR) is 57.0 cm³/mol. The summed E-state index contributed by atoms with van der Waals surface area (Å²) in [4.78, 5) is 0. The Balaban J connectivity index is 1.96. The number of ether oxygens (including phenoxy) is 1. The fourth-order valence-corrected chi connectivity index (χ4v) is 2.90. The lowest BCUT2D eigenvalue weighted by Gasteiger charge is -2.22. The van der Waals surface area contributed by atoms with E-state index in [1.165, 1.54) is 31.2 Å². The first kappa shape index (κ1) is 8.60. The second-order valence-corrected chi connectivity index (χ2v) is 4.86. The lowest BCUT2D eigenvalue weighted by molar-refractivity contribution is 0.103. The molecule has 1 saturated carbocycles.